The van der Waals surface area contributed by atoms with Gasteiger partial charge in [-0.3, -0.25) is 0 Å². The van der Waals surface area contributed by atoms with Crippen LogP contribution in [0, 0.1) is 0 Å². The molecule has 0 saturated carbocycles. The van der Waals surface area contributed by atoms with Crippen LogP contribution in [0.25, 0.3) is 0 Å². The second-order valence-corrected chi connectivity index (χ2v) is 6.37. The number of rotatable bonds is 2. The molecule has 100 valence electrons. The highest BCUT2D eigenvalue weighted by molar-refractivity contribution is 9.10. The summed E-state index contributed by atoms with van der Waals surface area (Å²) >= 11 is 3.66. The van der Waals surface area contributed by atoms with Crippen molar-refractivity contribution in [1.82, 2.24) is 0 Å². The Morgan fingerprint density at radius 2 is 2.17 bits per heavy atom. The maximum Gasteiger partial charge on any atom is 0.0694 e. The third-order valence-electron chi connectivity index (χ3n) is 3.43. The lowest BCUT2D eigenvalue weighted by molar-refractivity contribution is 0.0643. The van der Waals surface area contributed by atoms with E-state index in [1.54, 1.807) is 0 Å². The van der Waals surface area contributed by atoms with E-state index in [4.69, 9.17) is 10.5 Å². The third kappa shape index (κ3) is 2.71. The van der Waals surface area contributed by atoms with Crippen molar-refractivity contribution in [1.29, 1.82) is 0 Å². The smallest absolute Gasteiger partial charge is 0.0694 e. The highest BCUT2D eigenvalue weighted by atomic mass is 79.9. The Balaban J connectivity index is 2.33. The molecule has 2 N–H and O–H groups in total. The molecule has 1 fully saturated rings. The summed E-state index contributed by atoms with van der Waals surface area (Å²) in [5.41, 5.74) is 8.30. The van der Waals surface area contributed by atoms with Crippen LogP contribution in [-0.2, 0) is 4.74 Å². The minimum absolute atomic E-state index is 0.0244. The molecule has 18 heavy (non-hydrogen) atoms. The molecule has 0 aliphatic carbocycles. The Kier molecular flexibility index (Phi) is 3.99. The van der Waals surface area contributed by atoms with Crippen molar-refractivity contribution in [3.8, 4) is 0 Å². The fraction of sp³-hybridized carbons (Fsp3) is 0.571. The number of halogens is 1. The van der Waals surface area contributed by atoms with E-state index in [2.05, 4.69) is 52.9 Å². The van der Waals surface area contributed by atoms with E-state index < -0.39 is 0 Å². The van der Waals surface area contributed by atoms with E-state index in [1.165, 1.54) is 5.69 Å². The van der Waals surface area contributed by atoms with Crippen LogP contribution in [0.4, 0.5) is 5.69 Å². The van der Waals surface area contributed by atoms with Crippen LogP contribution in [0.3, 0.4) is 0 Å². The normalized spacial score (nSPS) is 20.8. The van der Waals surface area contributed by atoms with E-state index in [9.17, 15) is 0 Å². The van der Waals surface area contributed by atoms with Gasteiger partial charge in [0.15, 0.2) is 0 Å². The molecule has 1 aliphatic rings. The molecule has 1 unspecified atom stereocenters. The van der Waals surface area contributed by atoms with Crippen LogP contribution in [0.15, 0.2) is 22.7 Å². The van der Waals surface area contributed by atoms with Crippen molar-refractivity contribution in [2.45, 2.75) is 32.4 Å². The van der Waals surface area contributed by atoms with Crippen LogP contribution >= 0.6 is 15.9 Å². The van der Waals surface area contributed by atoms with Gasteiger partial charge in [-0.15, -0.1) is 0 Å². The molecule has 0 radical (unpaired) electrons. The topological polar surface area (TPSA) is 38.5 Å². The molecule has 4 heteroatoms. The molecule has 3 nitrogen and oxygen atoms in total. The summed E-state index contributed by atoms with van der Waals surface area (Å²) in [4.78, 5) is 2.39. The van der Waals surface area contributed by atoms with Crippen molar-refractivity contribution < 1.29 is 4.74 Å². The quantitative estimate of drug-likeness (QED) is 0.912. The molecule has 0 amide bonds. The zero-order valence-electron chi connectivity index (χ0n) is 11.2. The number of nitrogens with two attached hydrogens (primary N) is 1. The third-order valence-corrected chi connectivity index (χ3v) is 4.07. The lowest BCUT2D eigenvalue weighted by Gasteiger charge is -2.44. The largest absolute Gasteiger partial charge is 0.377 e. The van der Waals surface area contributed by atoms with Crippen LogP contribution in [0.5, 0.6) is 0 Å². The first kappa shape index (κ1) is 13.8. The van der Waals surface area contributed by atoms with Gasteiger partial charge in [-0.05, 0) is 54.4 Å². The van der Waals surface area contributed by atoms with Crippen molar-refractivity contribution in [3.05, 3.63) is 28.2 Å². The molecule has 0 aromatic heterocycles. The lowest BCUT2D eigenvalue weighted by Crippen LogP contribution is -2.53. The van der Waals surface area contributed by atoms with Gasteiger partial charge in [-0.1, -0.05) is 6.07 Å². The fourth-order valence-corrected chi connectivity index (χ4v) is 2.94. The molecule has 1 aliphatic heterocycles. The molecular weight excluding hydrogens is 292 g/mol. The molecule has 2 rings (SSSR count). The van der Waals surface area contributed by atoms with Crippen molar-refractivity contribution >= 4 is 21.6 Å². The van der Waals surface area contributed by atoms with Gasteiger partial charge in [-0.25, -0.2) is 0 Å². The molecule has 1 heterocycles. The van der Waals surface area contributed by atoms with Crippen molar-refractivity contribution in [2.75, 3.05) is 24.7 Å². The summed E-state index contributed by atoms with van der Waals surface area (Å²) < 4.78 is 6.67. The van der Waals surface area contributed by atoms with E-state index in [1.807, 2.05) is 6.92 Å². The highest BCUT2D eigenvalue weighted by Crippen LogP contribution is 2.34. The Labute approximate surface area is 117 Å². The predicted molar refractivity (Wildman–Crippen MR) is 79.0 cm³/mol. The number of ether oxygens (including phenoxy) is 1. The number of hydrogen-bond donors (Lipinski definition) is 1. The number of benzene rings is 1. The Morgan fingerprint density at radius 3 is 2.72 bits per heavy atom. The minimum Gasteiger partial charge on any atom is -0.377 e. The molecule has 0 spiro atoms. The van der Waals surface area contributed by atoms with Gasteiger partial charge in [0.2, 0.25) is 0 Å². The first-order chi connectivity index (χ1) is 8.42. The predicted octanol–water partition coefficient (Wildman–Crippen LogP) is 3.08. The van der Waals surface area contributed by atoms with Gasteiger partial charge < -0.3 is 15.4 Å². The van der Waals surface area contributed by atoms with Gasteiger partial charge in [0.05, 0.1) is 24.4 Å². The summed E-state index contributed by atoms with van der Waals surface area (Å²) in [6.07, 6.45) is 0. The van der Waals surface area contributed by atoms with Gasteiger partial charge >= 0.3 is 0 Å². The van der Waals surface area contributed by atoms with Gasteiger partial charge in [0, 0.05) is 17.1 Å². The molecule has 1 saturated heterocycles. The number of morpholine rings is 1. The molecular formula is C14H21BrN2O. The lowest BCUT2D eigenvalue weighted by atomic mass is 10.0. The SMILES string of the molecule is CC(N)c1ccc(N2CCOCC2(C)C)c(Br)c1. The molecule has 1 aromatic carbocycles. The Hall–Kier alpha value is -0.580. The summed E-state index contributed by atoms with van der Waals surface area (Å²) in [6.45, 7) is 8.87. The van der Waals surface area contributed by atoms with Crippen molar-refractivity contribution in [2.24, 2.45) is 5.73 Å². The first-order valence-corrected chi connectivity index (χ1v) is 7.11. The zero-order chi connectivity index (χ0) is 13.3. The minimum atomic E-state index is 0.0244. The fourth-order valence-electron chi connectivity index (χ4n) is 2.33. The standard InChI is InChI=1S/C14H21BrN2O/c1-10(16)11-4-5-13(12(15)8-11)17-6-7-18-9-14(17,2)3/h4-5,8,10H,6-7,9,16H2,1-3H3. The number of anilines is 1. The van der Waals surface area contributed by atoms with E-state index in [-0.39, 0.29) is 11.6 Å². The second-order valence-electron chi connectivity index (χ2n) is 5.52. The summed E-state index contributed by atoms with van der Waals surface area (Å²) in [7, 11) is 0. The van der Waals surface area contributed by atoms with E-state index in [0.29, 0.717) is 0 Å². The van der Waals surface area contributed by atoms with Crippen LogP contribution in [0.2, 0.25) is 0 Å². The van der Waals surface area contributed by atoms with Crippen LogP contribution in [0.1, 0.15) is 32.4 Å². The monoisotopic (exact) mass is 312 g/mol. The zero-order valence-corrected chi connectivity index (χ0v) is 12.8. The van der Waals surface area contributed by atoms with E-state index in [0.717, 1.165) is 29.8 Å². The van der Waals surface area contributed by atoms with Gasteiger partial charge in [-0.2, -0.15) is 0 Å². The molecule has 1 atom stereocenters. The Morgan fingerprint density at radius 1 is 1.44 bits per heavy atom. The first-order valence-electron chi connectivity index (χ1n) is 6.32. The molecule has 1 aromatic rings. The summed E-state index contributed by atoms with van der Waals surface area (Å²) in [6, 6.07) is 6.44. The number of hydrogen-bond acceptors (Lipinski definition) is 3. The maximum atomic E-state index is 5.91. The Bertz CT molecular complexity index is 432. The van der Waals surface area contributed by atoms with Crippen LogP contribution in [-0.4, -0.2) is 25.3 Å². The number of nitrogens with zero attached hydrogens (tertiary/aromatic N) is 1. The van der Waals surface area contributed by atoms with E-state index >= 15 is 0 Å². The highest BCUT2D eigenvalue weighted by Gasteiger charge is 2.31. The van der Waals surface area contributed by atoms with Crippen molar-refractivity contribution in [3.63, 3.8) is 0 Å². The van der Waals surface area contributed by atoms with Gasteiger partial charge in [0.25, 0.3) is 0 Å². The van der Waals surface area contributed by atoms with Gasteiger partial charge in [0.1, 0.15) is 0 Å². The molecule has 0 bridgehead atoms. The van der Waals surface area contributed by atoms with Crippen LogP contribution < -0.4 is 10.6 Å². The second kappa shape index (κ2) is 5.19. The maximum absolute atomic E-state index is 5.91. The average molecular weight is 313 g/mol. The summed E-state index contributed by atoms with van der Waals surface area (Å²) in [5.74, 6) is 0. The summed E-state index contributed by atoms with van der Waals surface area (Å²) in [5, 5.41) is 0. The average Bonchev–Trinajstić information content (AvgIpc) is 2.29.